The number of hydrogen-bond acceptors (Lipinski definition) is 7. The largest absolute Gasteiger partial charge is 0.480 e. The fourth-order valence-electron chi connectivity index (χ4n) is 4.38. The summed E-state index contributed by atoms with van der Waals surface area (Å²) in [7, 11) is 0. The number of nitrogens with two attached hydrogens (primary N) is 2. The third-order valence-corrected chi connectivity index (χ3v) is 6.42. The van der Waals surface area contributed by atoms with Crippen LogP contribution in [-0.4, -0.2) is 73.8 Å². The first-order valence-electron chi connectivity index (χ1n) is 13.1. The highest BCUT2D eigenvalue weighted by Gasteiger charge is 2.32. The Hall–Kier alpha value is -4.72. The number of aromatic nitrogens is 3. The third kappa shape index (κ3) is 8.89. The van der Waals surface area contributed by atoms with Gasteiger partial charge >= 0.3 is 5.97 Å². The molecule has 4 amide bonds. The van der Waals surface area contributed by atoms with Gasteiger partial charge in [0.1, 0.15) is 18.1 Å². The second kappa shape index (κ2) is 14.1. The number of para-hydroxylation sites is 1. The van der Waals surface area contributed by atoms with Crippen LogP contribution in [0.15, 0.2) is 43.0 Å². The number of rotatable bonds is 15. The van der Waals surface area contributed by atoms with Gasteiger partial charge < -0.3 is 42.5 Å². The molecule has 2 heterocycles. The number of amides is 4. The predicted molar refractivity (Wildman–Crippen MR) is 149 cm³/mol. The van der Waals surface area contributed by atoms with Gasteiger partial charge in [-0.3, -0.25) is 19.2 Å². The van der Waals surface area contributed by atoms with Crippen LogP contribution in [-0.2, 0) is 36.8 Å². The van der Waals surface area contributed by atoms with Crippen molar-refractivity contribution in [3.05, 3.63) is 54.2 Å². The number of nitrogens with one attached hydrogen (secondary N) is 5. The minimum Gasteiger partial charge on any atom is -0.480 e. The number of hydrogen-bond donors (Lipinski definition) is 8. The molecule has 0 radical (unpaired) electrons. The number of carboxylic acids is 1. The second-order valence-corrected chi connectivity index (χ2v) is 10.3. The Morgan fingerprint density at radius 1 is 0.927 bits per heavy atom. The summed E-state index contributed by atoms with van der Waals surface area (Å²) in [6.07, 6.45) is 4.32. The summed E-state index contributed by atoms with van der Waals surface area (Å²) in [5.41, 5.74) is 13.4. The van der Waals surface area contributed by atoms with Crippen molar-refractivity contribution in [1.82, 2.24) is 30.9 Å². The minimum absolute atomic E-state index is 0.00776. The molecule has 1 aromatic carbocycles. The summed E-state index contributed by atoms with van der Waals surface area (Å²) in [4.78, 5) is 72.9. The first-order chi connectivity index (χ1) is 19.4. The first-order valence-corrected chi connectivity index (χ1v) is 13.1. The maximum Gasteiger partial charge on any atom is 0.326 e. The van der Waals surface area contributed by atoms with Gasteiger partial charge in [-0.2, -0.15) is 0 Å². The monoisotopic (exact) mass is 568 g/mol. The summed E-state index contributed by atoms with van der Waals surface area (Å²) in [6.45, 7) is 3.64. The zero-order valence-corrected chi connectivity index (χ0v) is 22.8. The van der Waals surface area contributed by atoms with E-state index in [4.69, 9.17) is 11.5 Å². The molecule has 3 rings (SSSR count). The molecule has 10 N–H and O–H groups in total. The van der Waals surface area contributed by atoms with E-state index in [0.717, 1.165) is 10.9 Å². The highest BCUT2D eigenvalue weighted by atomic mass is 16.4. The van der Waals surface area contributed by atoms with E-state index in [9.17, 15) is 29.1 Å². The molecule has 14 nitrogen and oxygen atoms in total. The van der Waals surface area contributed by atoms with Crippen molar-refractivity contribution >= 4 is 40.5 Å². The van der Waals surface area contributed by atoms with Crippen LogP contribution in [0, 0.1) is 5.92 Å². The number of carboxylic acid groups (broad SMARTS) is 1. The summed E-state index contributed by atoms with van der Waals surface area (Å²) in [5.74, 6) is -4.43. The van der Waals surface area contributed by atoms with Crippen molar-refractivity contribution in [2.24, 2.45) is 17.4 Å². The summed E-state index contributed by atoms with van der Waals surface area (Å²) < 4.78 is 0. The Labute approximate surface area is 236 Å². The number of nitrogens with zero attached hydrogens (tertiary/aromatic N) is 1. The van der Waals surface area contributed by atoms with Crippen LogP contribution in [0.3, 0.4) is 0 Å². The molecule has 0 aliphatic carbocycles. The topological polar surface area (TPSA) is 238 Å². The number of H-pyrrole nitrogens is 2. The highest BCUT2D eigenvalue weighted by Crippen LogP contribution is 2.19. The van der Waals surface area contributed by atoms with Crippen LogP contribution < -0.4 is 27.4 Å². The van der Waals surface area contributed by atoms with E-state index in [2.05, 4.69) is 30.9 Å². The van der Waals surface area contributed by atoms with E-state index in [1.165, 1.54) is 12.5 Å². The maximum absolute atomic E-state index is 13.4. The Bertz CT molecular complexity index is 1370. The van der Waals surface area contributed by atoms with Gasteiger partial charge in [-0.25, -0.2) is 9.78 Å². The zero-order valence-electron chi connectivity index (χ0n) is 22.8. The van der Waals surface area contributed by atoms with Crippen molar-refractivity contribution in [3.8, 4) is 0 Å². The summed E-state index contributed by atoms with van der Waals surface area (Å²) in [6, 6.07) is 2.41. The zero-order chi connectivity index (χ0) is 30.1. The third-order valence-electron chi connectivity index (χ3n) is 6.42. The Kier molecular flexibility index (Phi) is 10.6. The smallest absolute Gasteiger partial charge is 0.326 e. The van der Waals surface area contributed by atoms with Crippen molar-refractivity contribution in [1.29, 1.82) is 0 Å². The fourth-order valence-corrected chi connectivity index (χ4v) is 4.38. The van der Waals surface area contributed by atoms with Crippen LogP contribution >= 0.6 is 0 Å². The number of benzene rings is 1. The van der Waals surface area contributed by atoms with E-state index >= 15 is 0 Å². The lowest BCUT2D eigenvalue weighted by Gasteiger charge is -2.25. The van der Waals surface area contributed by atoms with Gasteiger partial charge in [0, 0.05) is 41.8 Å². The summed E-state index contributed by atoms with van der Waals surface area (Å²) in [5, 5.41) is 18.0. The molecule has 2 aromatic heterocycles. The Morgan fingerprint density at radius 3 is 2.22 bits per heavy atom. The molecule has 220 valence electrons. The lowest BCUT2D eigenvalue weighted by atomic mass is 10.0. The second-order valence-electron chi connectivity index (χ2n) is 10.3. The van der Waals surface area contributed by atoms with E-state index in [0.29, 0.717) is 11.3 Å². The Balaban J connectivity index is 1.82. The molecule has 0 saturated heterocycles. The van der Waals surface area contributed by atoms with Gasteiger partial charge in [0.15, 0.2) is 0 Å². The SMILES string of the molecule is CC(C)CC(NC(=O)C(Cc1c[nH]c2ccccc12)NC(=O)C(CC(N)=O)NC(=O)C(N)Cc1cnc[nH]1)C(=O)O. The van der Waals surface area contributed by atoms with Crippen LogP contribution in [0.1, 0.15) is 37.9 Å². The molecule has 3 aromatic rings. The van der Waals surface area contributed by atoms with Crippen molar-refractivity contribution in [2.45, 2.75) is 63.7 Å². The van der Waals surface area contributed by atoms with E-state index in [1.807, 2.05) is 38.1 Å². The molecule has 0 aliphatic heterocycles. The minimum atomic E-state index is -1.43. The fraction of sp³-hybridized carbons (Fsp3) is 0.407. The molecule has 0 saturated carbocycles. The number of carbonyl (C=O) groups is 5. The predicted octanol–water partition coefficient (Wildman–Crippen LogP) is -0.536. The molecule has 0 bridgehead atoms. The maximum atomic E-state index is 13.4. The molecule has 4 atom stereocenters. The van der Waals surface area contributed by atoms with Gasteiger partial charge in [-0.1, -0.05) is 32.0 Å². The van der Waals surface area contributed by atoms with Crippen molar-refractivity contribution in [3.63, 3.8) is 0 Å². The van der Waals surface area contributed by atoms with Crippen LogP contribution in [0.2, 0.25) is 0 Å². The molecular formula is C27H36N8O6. The highest BCUT2D eigenvalue weighted by molar-refractivity contribution is 5.96. The van der Waals surface area contributed by atoms with Crippen LogP contribution in [0.5, 0.6) is 0 Å². The molecular weight excluding hydrogens is 532 g/mol. The number of primary amides is 1. The van der Waals surface area contributed by atoms with Crippen molar-refractivity contribution < 1.29 is 29.1 Å². The average Bonchev–Trinajstić information content (AvgIpc) is 3.56. The quantitative estimate of drug-likeness (QED) is 0.118. The molecule has 0 aliphatic rings. The van der Waals surface area contributed by atoms with Crippen LogP contribution in [0.25, 0.3) is 10.9 Å². The van der Waals surface area contributed by atoms with Gasteiger partial charge in [-0.15, -0.1) is 0 Å². The number of carbonyl (C=O) groups excluding carboxylic acids is 4. The molecule has 0 spiro atoms. The van der Waals surface area contributed by atoms with Gasteiger partial charge in [0.2, 0.25) is 23.6 Å². The van der Waals surface area contributed by atoms with Gasteiger partial charge in [0.25, 0.3) is 0 Å². The molecule has 14 heteroatoms. The van der Waals surface area contributed by atoms with Crippen molar-refractivity contribution in [2.75, 3.05) is 0 Å². The molecule has 4 unspecified atom stereocenters. The average molecular weight is 569 g/mol. The standard InChI is InChI=1S/C27H36N8O6/c1-14(2)7-22(27(40)41)35-25(38)20(8-15-11-31-19-6-4-3-5-17(15)19)34-26(39)21(10-23(29)36)33-24(37)18(28)9-16-12-30-13-32-16/h3-6,11-14,18,20-22,31H,7-10,28H2,1-2H3,(H2,29,36)(H,30,32)(H,33,37)(H,34,39)(H,35,38)(H,40,41). The van der Waals surface area contributed by atoms with Gasteiger partial charge in [-0.05, 0) is 24.0 Å². The molecule has 41 heavy (non-hydrogen) atoms. The number of imidazole rings is 1. The Morgan fingerprint density at radius 2 is 1.59 bits per heavy atom. The van der Waals surface area contributed by atoms with Crippen LogP contribution in [0.4, 0.5) is 0 Å². The lowest BCUT2D eigenvalue weighted by Crippen LogP contribution is -2.58. The van der Waals surface area contributed by atoms with E-state index in [-0.39, 0.29) is 25.2 Å². The van der Waals surface area contributed by atoms with E-state index < -0.39 is 60.2 Å². The molecule has 0 fully saturated rings. The summed E-state index contributed by atoms with van der Waals surface area (Å²) >= 11 is 0. The van der Waals surface area contributed by atoms with E-state index in [1.54, 1.807) is 6.20 Å². The normalized spacial score (nSPS) is 14.1. The first kappa shape index (κ1) is 30.8. The lowest BCUT2D eigenvalue weighted by molar-refractivity contribution is -0.143. The number of aliphatic carboxylic acids is 1. The number of aromatic amines is 2. The number of fused-ring (bicyclic) bond motifs is 1. The van der Waals surface area contributed by atoms with Gasteiger partial charge in [0.05, 0.1) is 18.8 Å².